The van der Waals surface area contributed by atoms with Crippen molar-refractivity contribution in [1.82, 2.24) is 10.2 Å². The summed E-state index contributed by atoms with van der Waals surface area (Å²) in [5, 5.41) is 6.27. The smallest absolute Gasteiger partial charge is 0.244 e. The number of hydrogen-bond acceptors (Lipinski definition) is 4. The summed E-state index contributed by atoms with van der Waals surface area (Å²) >= 11 is 3.75. The molecule has 110 valence electrons. The molecule has 3 unspecified atom stereocenters. The molecule has 0 aromatic carbocycles. The highest BCUT2D eigenvalue weighted by atomic mass is 32.2. The fourth-order valence-electron chi connectivity index (χ4n) is 3.00. The summed E-state index contributed by atoms with van der Waals surface area (Å²) < 4.78 is 0. The maximum Gasteiger partial charge on any atom is 0.244 e. The van der Waals surface area contributed by atoms with Crippen LogP contribution in [0, 0.1) is 0 Å². The van der Waals surface area contributed by atoms with Crippen molar-refractivity contribution >= 4 is 29.0 Å². The molecule has 20 heavy (non-hydrogen) atoms. The zero-order valence-corrected chi connectivity index (χ0v) is 13.7. The molecule has 3 rings (SSSR count). The molecular weight excluding hydrogens is 288 g/mol. The van der Waals surface area contributed by atoms with E-state index in [4.69, 9.17) is 0 Å². The highest BCUT2D eigenvalue weighted by Crippen LogP contribution is 2.37. The van der Waals surface area contributed by atoms with Crippen LogP contribution in [0.3, 0.4) is 0 Å². The van der Waals surface area contributed by atoms with E-state index >= 15 is 0 Å². The Bertz CT molecular complexity index is 470. The first-order valence-electron chi connectivity index (χ1n) is 7.38. The number of carbonyl (C=O) groups excluding carboxylic acids is 1. The van der Waals surface area contributed by atoms with Crippen LogP contribution in [-0.2, 0) is 4.79 Å². The van der Waals surface area contributed by atoms with Crippen molar-refractivity contribution in [2.24, 2.45) is 0 Å². The summed E-state index contributed by atoms with van der Waals surface area (Å²) in [7, 11) is 0. The van der Waals surface area contributed by atoms with Crippen LogP contribution in [0.4, 0.5) is 0 Å². The van der Waals surface area contributed by atoms with E-state index in [1.165, 1.54) is 23.5 Å². The second-order valence-corrected chi connectivity index (χ2v) is 8.23. The minimum atomic E-state index is -0.405. The van der Waals surface area contributed by atoms with Crippen LogP contribution < -0.4 is 5.32 Å². The molecule has 2 saturated heterocycles. The molecule has 0 bridgehead atoms. The van der Waals surface area contributed by atoms with Crippen molar-refractivity contribution in [2.75, 3.05) is 12.3 Å². The molecular formula is C15H22N2OS2. The maximum absolute atomic E-state index is 12.8. The van der Waals surface area contributed by atoms with Crippen molar-refractivity contribution in [3.05, 3.63) is 22.4 Å². The quantitative estimate of drug-likeness (QED) is 0.926. The Morgan fingerprint density at radius 2 is 2.40 bits per heavy atom. The lowest BCUT2D eigenvalue weighted by atomic mass is 9.99. The van der Waals surface area contributed by atoms with Gasteiger partial charge in [0.2, 0.25) is 5.91 Å². The Hall–Kier alpha value is -0.520. The predicted molar refractivity (Wildman–Crippen MR) is 86.1 cm³/mol. The maximum atomic E-state index is 12.8. The molecule has 1 amide bonds. The molecule has 3 atom stereocenters. The molecule has 2 aliphatic heterocycles. The van der Waals surface area contributed by atoms with E-state index in [9.17, 15) is 4.79 Å². The summed E-state index contributed by atoms with van der Waals surface area (Å²) in [4.78, 5) is 16.1. The molecule has 5 heteroatoms. The van der Waals surface area contributed by atoms with Crippen LogP contribution in [0.25, 0.3) is 0 Å². The lowest BCUT2D eigenvalue weighted by Crippen LogP contribution is -2.43. The number of thioether (sulfide) groups is 1. The third-order valence-corrected chi connectivity index (χ3v) is 6.75. The van der Waals surface area contributed by atoms with Crippen molar-refractivity contribution in [3.8, 4) is 0 Å². The number of rotatable bonds is 4. The van der Waals surface area contributed by atoms with Crippen molar-refractivity contribution < 1.29 is 4.79 Å². The molecule has 0 radical (unpaired) electrons. The SMILES string of the molecule is CCC1(C)NC(c2cccs2)N(CC2CCCS2)C1=O. The topological polar surface area (TPSA) is 32.3 Å². The first kappa shape index (κ1) is 14.4. The van der Waals surface area contributed by atoms with Gasteiger partial charge < -0.3 is 4.90 Å². The fraction of sp³-hybridized carbons (Fsp3) is 0.667. The zero-order chi connectivity index (χ0) is 14.2. The van der Waals surface area contributed by atoms with Gasteiger partial charge in [-0.05, 0) is 43.4 Å². The van der Waals surface area contributed by atoms with Crippen LogP contribution in [0.1, 0.15) is 44.2 Å². The molecule has 0 aliphatic carbocycles. The molecule has 0 saturated carbocycles. The van der Waals surface area contributed by atoms with E-state index in [-0.39, 0.29) is 12.1 Å². The summed E-state index contributed by atoms with van der Waals surface area (Å²) in [6.07, 6.45) is 3.43. The molecule has 0 spiro atoms. The number of nitrogens with one attached hydrogen (secondary N) is 1. The second-order valence-electron chi connectivity index (χ2n) is 5.84. The van der Waals surface area contributed by atoms with Crippen molar-refractivity contribution in [2.45, 2.75) is 50.1 Å². The van der Waals surface area contributed by atoms with E-state index in [0.29, 0.717) is 5.25 Å². The summed E-state index contributed by atoms with van der Waals surface area (Å²) in [5.74, 6) is 1.51. The summed E-state index contributed by atoms with van der Waals surface area (Å²) in [5.41, 5.74) is -0.405. The molecule has 2 aliphatic rings. The Balaban J connectivity index is 1.84. The predicted octanol–water partition coefficient (Wildman–Crippen LogP) is 3.24. The van der Waals surface area contributed by atoms with Crippen molar-refractivity contribution in [1.29, 1.82) is 0 Å². The molecule has 1 aromatic heterocycles. The van der Waals surface area contributed by atoms with Gasteiger partial charge >= 0.3 is 0 Å². The van der Waals surface area contributed by atoms with Crippen LogP contribution in [-0.4, -0.2) is 33.9 Å². The monoisotopic (exact) mass is 310 g/mol. The average molecular weight is 310 g/mol. The van der Waals surface area contributed by atoms with Crippen molar-refractivity contribution in [3.63, 3.8) is 0 Å². The van der Waals surface area contributed by atoms with Crippen LogP contribution in [0.15, 0.2) is 17.5 Å². The van der Waals surface area contributed by atoms with Gasteiger partial charge in [0.15, 0.2) is 0 Å². The standard InChI is InChI=1S/C15H22N2OS2/c1-3-15(2)14(18)17(10-11-6-4-8-19-11)13(16-15)12-7-5-9-20-12/h5,7,9,11,13,16H,3-4,6,8,10H2,1-2H3. The first-order chi connectivity index (χ1) is 9.64. The van der Waals surface area contributed by atoms with Gasteiger partial charge in [0.25, 0.3) is 0 Å². The van der Waals surface area contributed by atoms with Gasteiger partial charge in [0.05, 0.1) is 5.54 Å². The second kappa shape index (κ2) is 5.70. The molecule has 3 heterocycles. The van der Waals surface area contributed by atoms with E-state index in [2.05, 4.69) is 34.7 Å². The number of thiophene rings is 1. The fourth-order valence-corrected chi connectivity index (χ4v) is 5.05. The zero-order valence-electron chi connectivity index (χ0n) is 12.1. The van der Waals surface area contributed by atoms with Gasteiger partial charge in [-0.3, -0.25) is 10.1 Å². The summed E-state index contributed by atoms with van der Waals surface area (Å²) in [6.45, 7) is 5.01. The summed E-state index contributed by atoms with van der Waals surface area (Å²) in [6, 6.07) is 4.20. The molecule has 1 N–H and O–H groups in total. The lowest BCUT2D eigenvalue weighted by molar-refractivity contribution is -0.133. The van der Waals surface area contributed by atoms with Gasteiger partial charge in [0, 0.05) is 16.7 Å². The first-order valence-corrected chi connectivity index (χ1v) is 9.30. The van der Waals surface area contributed by atoms with Gasteiger partial charge in [-0.15, -0.1) is 11.3 Å². The van der Waals surface area contributed by atoms with Crippen LogP contribution >= 0.6 is 23.1 Å². The lowest BCUT2D eigenvalue weighted by Gasteiger charge is -2.26. The van der Waals surface area contributed by atoms with E-state index in [1.807, 2.05) is 18.7 Å². The number of amides is 1. The Morgan fingerprint density at radius 1 is 1.55 bits per heavy atom. The minimum Gasteiger partial charge on any atom is -0.319 e. The normalized spacial score (nSPS) is 34.1. The average Bonchev–Trinajstić information content (AvgIpc) is 3.16. The van der Waals surface area contributed by atoms with Crippen LogP contribution in [0.5, 0.6) is 0 Å². The highest BCUT2D eigenvalue weighted by molar-refractivity contribution is 8.00. The largest absolute Gasteiger partial charge is 0.319 e. The molecule has 3 nitrogen and oxygen atoms in total. The van der Waals surface area contributed by atoms with E-state index in [1.54, 1.807) is 11.3 Å². The molecule has 1 aromatic rings. The Kier molecular flexibility index (Phi) is 4.11. The number of nitrogens with zero attached hydrogens (tertiary/aromatic N) is 1. The van der Waals surface area contributed by atoms with Gasteiger partial charge in [-0.2, -0.15) is 11.8 Å². The highest BCUT2D eigenvalue weighted by Gasteiger charge is 2.48. The van der Waals surface area contributed by atoms with E-state index in [0.717, 1.165) is 13.0 Å². The minimum absolute atomic E-state index is 0.0636. The van der Waals surface area contributed by atoms with Gasteiger partial charge in [0.1, 0.15) is 6.17 Å². The van der Waals surface area contributed by atoms with Gasteiger partial charge in [-0.1, -0.05) is 13.0 Å². The number of carbonyl (C=O) groups is 1. The third-order valence-electron chi connectivity index (χ3n) is 4.44. The number of hydrogen-bond donors (Lipinski definition) is 1. The van der Waals surface area contributed by atoms with Crippen LogP contribution in [0.2, 0.25) is 0 Å². The van der Waals surface area contributed by atoms with E-state index < -0.39 is 5.54 Å². The third kappa shape index (κ3) is 2.51. The Morgan fingerprint density at radius 3 is 3.00 bits per heavy atom. The Labute approximate surface area is 129 Å². The van der Waals surface area contributed by atoms with Gasteiger partial charge in [-0.25, -0.2) is 0 Å². The molecule has 2 fully saturated rings.